The van der Waals surface area contributed by atoms with Crippen LogP contribution < -0.4 is 11.1 Å². The number of aryl methyl sites for hydroxylation is 1. The quantitative estimate of drug-likeness (QED) is 0.878. The molecule has 0 heterocycles. The SMILES string of the molecule is Cc1ccccc1CC(C)NC(=O)[C@@H]1CCC[C@@H]1CN.Cl. The van der Waals surface area contributed by atoms with E-state index in [0.29, 0.717) is 12.5 Å². The largest absolute Gasteiger partial charge is 0.353 e. The van der Waals surface area contributed by atoms with Gasteiger partial charge in [0.25, 0.3) is 0 Å². The average Bonchev–Trinajstić information content (AvgIpc) is 2.89. The van der Waals surface area contributed by atoms with Crippen molar-refractivity contribution in [2.45, 2.75) is 45.6 Å². The molecule has 1 unspecified atom stereocenters. The van der Waals surface area contributed by atoms with E-state index in [1.54, 1.807) is 0 Å². The molecular formula is C17H27ClN2O. The Bertz CT molecular complexity index is 464. The Morgan fingerprint density at radius 3 is 2.76 bits per heavy atom. The summed E-state index contributed by atoms with van der Waals surface area (Å²) in [5, 5.41) is 3.17. The number of benzene rings is 1. The second-order valence-corrected chi connectivity index (χ2v) is 6.07. The number of nitrogens with two attached hydrogens (primary N) is 1. The van der Waals surface area contributed by atoms with Crippen LogP contribution in [-0.2, 0) is 11.2 Å². The van der Waals surface area contributed by atoms with Gasteiger partial charge in [-0.25, -0.2) is 0 Å². The van der Waals surface area contributed by atoms with Crippen molar-refractivity contribution in [1.29, 1.82) is 0 Å². The number of nitrogens with one attached hydrogen (secondary N) is 1. The van der Waals surface area contributed by atoms with E-state index in [1.807, 2.05) is 6.07 Å². The normalized spacial score (nSPS) is 22.4. The van der Waals surface area contributed by atoms with Crippen molar-refractivity contribution in [3.63, 3.8) is 0 Å². The molecule has 118 valence electrons. The third-order valence-electron chi connectivity index (χ3n) is 4.47. The first kappa shape index (κ1) is 18.0. The highest BCUT2D eigenvalue weighted by atomic mass is 35.5. The molecule has 1 saturated carbocycles. The van der Waals surface area contributed by atoms with Crippen molar-refractivity contribution in [1.82, 2.24) is 5.32 Å². The van der Waals surface area contributed by atoms with Crippen LogP contribution in [-0.4, -0.2) is 18.5 Å². The molecule has 3 atom stereocenters. The summed E-state index contributed by atoms with van der Waals surface area (Å²) in [5.74, 6) is 0.694. The number of halogens is 1. The number of rotatable bonds is 5. The van der Waals surface area contributed by atoms with Gasteiger partial charge < -0.3 is 11.1 Å². The van der Waals surface area contributed by atoms with Crippen LogP contribution in [0.25, 0.3) is 0 Å². The van der Waals surface area contributed by atoms with Gasteiger partial charge in [-0.3, -0.25) is 4.79 Å². The minimum absolute atomic E-state index is 0. The Balaban J connectivity index is 0.00000220. The molecule has 3 N–H and O–H groups in total. The molecule has 21 heavy (non-hydrogen) atoms. The standard InChI is InChI=1S/C17H26N2O.ClH/c1-12-6-3-4-7-14(12)10-13(2)19-17(20)16-9-5-8-15(16)11-18;/h3-4,6-7,13,15-16H,5,8-11,18H2,1-2H3,(H,19,20);1H/t13?,15-,16-;/m1./s1. The maximum absolute atomic E-state index is 12.3. The van der Waals surface area contributed by atoms with E-state index < -0.39 is 0 Å². The minimum atomic E-state index is 0. The molecule has 1 aromatic rings. The lowest BCUT2D eigenvalue weighted by Gasteiger charge is -2.21. The van der Waals surface area contributed by atoms with E-state index in [-0.39, 0.29) is 30.3 Å². The van der Waals surface area contributed by atoms with Crippen LogP contribution in [0.5, 0.6) is 0 Å². The van der Waals surface area contributed by atoms with Crippen molar-refractivity contribution in [3.05, 3.63) is 35.4 Å². The summed E-state index contributed by atoms with van der Waals surface area (Å²) in [7, 11) is 0. The fourth-order valence-corrected chi connectivity index (χ4v) is 3.23. The molecule has 2 rings (SSSR count). The van der Waals surface area contributed by atoms with Crippen molar-refractivity contribution >= 4 is 18.3 Å². The first-order valence-electron chi connectivity index (χ1n) is 7.66. The summed E-state index contributed by atoms with van der Waals surface area (Å²) in [5.41, 5.74) is 8.35. The van der Waals surface area contributed by atoms with Gasteiger partial charge in [0.15, 0.2) is 0 Å². The topological polar surface area (TPSA) is 55.1 Å². The predicted molar refractivity (Wildman–Crippen MR) is 89.6 cm³/mol. The van der Waals surface area contributed by atoms with Crippen LogP contribution in [0.3, 0.4) is 0 Å². The van der Waals surface area contributed by atoms with E-state index in [2.05, 4.69) is 37.4 Å². The third-order valence-corrected chi connectivity index (χ3v) is 4.47. The highest BCUT2D eigenvalue weighted by Gasteiger charge is 2.32. The predicted octanol–water partition coefficient (Wildman–Crippen LogP) is 2.84. The number of carbonyl (C=O) groups is 1. The Morgan fingerprint density at radius 2 is 2.10 bits per heavy atom. The highest BCUT2D eigenvalue weighted by molar-refractivity contribution is 5.85. The Hall–Kier alpha value is -1.06. The Labute approximate surface area is 134 Å². The lowest BCUT2D eigenvalue weighted by Crippen LogP contribution is -2.40. The molecule has 0 aliphatic heterocycles. The van der Waals surface area contributed by atoms with Gasteiger partial charge in [-0.1, -0.05) is 30.7 Å². The van der Waals surface area contributed by atoms with Crippen LogP contribution in [0.15, 0.2) is 24.3 Å². The summed E-state index contributed by atoms with van der Waals surface area (Å²) in [4.78, 5) is 12.3. The molecule has 1 aliphatic rings. The smallest absolute Gasteiger partial charge is 0.223 e. The van der Waals surface area contributed by atoms with E-state index >= 15 is 0 Å². The zero-order chi connectivity index (χ0) is 14.5. The molecule has 0 aromatic heterocycles. The Kier molecular flexibility index (Phi) is 7.20. The fraction of sp³-hybridized carbons (Fsp3) is 0.588. The monoisotopic (exact) mass is 310 g/mol. The number of amides is 1. The van der Waals surface area contributed by atoms with Crippen molar-refractivity contribution in [3.8, 4) is 0 Å². The summed E-state index contributed by atoms with van der Waals surface area (Å²) < 4.78 is 0. The average molecular weight is 311 g/mol. The van der Waals surface area contributed by atoms with Crippen LogP contribution in [0, 0.1) is 18.8 Å². The van der Waals surface area contributed by atoms with Crippen LogP contribution in [0.4, 0.5) is 0 Å². The van der Waals surface area contributed by atoms with Crippen molar-refractivity contribution < 1.29 is 4.79 Å². The van der Waals surface area contributed by atoms with Crippen molar-refractivity contribution in [2.24, 2.45) is 17.6 Å². The highest BCUT2D eigenvalue weighted by Crippen LogP contribution is 2.31. The van der Waals surface area contributed by atoms with Crippen LogP contribution >= 0.6 is 12.4 Å². The lowest BCUT2D eigenvalue weighted by atomic mass is 9.94. The summed E-state index contributed by atoms with van der Waals surface area (Å²) >= 11 is 0. The number of carbonyl (C=O) groups excluding carboxylic acids is 1. The van der Waals surface area contributed by atoms with E-state index in [1.165, 1.54) is 11.1 Å². The minimum Gasteiger partial charge on any atom is -0.353 e. The van der Waals surface area contributed by atoms with Gasteiger partial charge in [-0.2, -0.15) is 0 Å². The van der Waals surface area contributed by atoms with E-state index in [9.17, 15) is 4.79 Å². The fourth-order valence-electron chi connectivity index (χ4n) is 3.23. The van der Waals surface area contributed by atoms with Gasteiger partial charge in [-0.05, 0) is 56.7 Å². The summed E-state index contributed by atoms with van der Waals surface area (Å²) in [6.07, 6.45) is 4.11. The molecule has 1 aromatic carbocycles. The molecule has 3 nitrogen and oxygen atoms in total. The van der Waals surface area contributed by atoms with Gasteiger partial charge in [0.05, 0.1) is 0 Å². The van der Waals surface area contributed by atoms with Crippen LogP contribution in [0.2, 0.25) is 0 Å². The summed E-state index contributed by atoms with van der Waals surface area (Å²) in [6.45, 7) is 4.83. The molecule has 1 amide bonds. The molecule has 0 bridgehead atoms. The van der Waals surface area contributed by atoms with Crippen LogP contribution in [0.1, 0.15) is 37.3 Å². The maximum Gasteiger partial charge on any atom is 0.223 e. The molecular weight excluding hydrogens is 284 g/mol. The Morgan fingerprint density at radius 1 is 1.38 bits per heavy atom. The van der Waals surface area contributed by atoms with Gasteiger partial charge in [-0.15, -0.1) is 12.4 Å². The summed E-state index contributed by atoms with van der Waals surface area (Å²) in [6, 6.07) is 8.52. The zero-order valence-corrected chi connectivity index (χ0v) is 13.8. The second kappa shape index (κ2) is 8.40. The molecule has 4 heteroatoms. The molecule has 0 radical (unpaired) electrons. The molecule has 0 spiro atoms. The van der Waals surface area contributed by atoms with Crippen molar-refractivity contribution in [2.75, 3.05) is 6.54 Å². The number of hydrogen-bond donors (Lipinski definition) is 2. The zero-order valence-electron chi connectivity index (χ0n) is 13.0. The van der Waals surface area contributed by atoms with Gasteiger partial charge in [0.2, 0.25) is 5.91 Å². The molecule has 0 saturated heterocycles. The first-order valence-corrected chi connectivity index (χ1v) is 7.66. The third kappa shape index (κ3) is 4.72. The molecule has 1 fully saturated rings. The van der Waals surface area contributed by atoms with E-state index in [4.69, 9.17) is 5.73 Å². The van der Waals surface area contributed by atoms with Gasteiger partial charge in [0, 0.05) is 12.0 Å². The number of hydrogen-bond acceptors (Lipinski definition) is 2. The van der Waals surface area contributed by atoms with E-state index in [0.717, 1.165) is 25.7 Å². The van der Waals surface area contributed by atoms with Gasteiger partial charge >= 0.3 is 0 Å². The molecule has 1 aliphatic carbocycles. The second-order valence-electron chi connectivity index (χ2n) is 6.07. The van der Waals surface area contributed by atoms with Gasteiger partial charge in [0.1, 0.15) is 0 Å². The lowest BCUT2D eigenvalue weighted by molar-refractivity contribution is -0.126. The first-order chi connectivity index (χ1) is 9.61. The maximum atomic E-state index is 12.3.